The number of rotatable bonds is 3. The lowest BCUT2D eigenvalue weighted by molar-refractivity contribution is 0.0601. The third kappa shape index (κ3) is 3.30. The van der Waals surface area contributed by atoms with Crippen molar-refractivity contribution in [2.75, 3.05) is 18.2 Å². The van der Waals surface area contributed by atoms with Crippen LogP contribution >= 0.6 is 15.9 Å². The highest BCUT2D eigenvalue weighted by molar-refractivity contribution is 9.10. The molecule has 0 unspecified atom stereocenters. The maximum Gasteiger partial charge on any atom is 0.337 e. The highest BCUT2D eigenvalue weighted by Crippen LogP contribution is 2.29. The van der Waals surface area contributed by atoms with E-state index in [0.29, 0.717) is 11.4 Å². The van der Waals surface area contributed by atoms with Gasteiger partial charge in [0.25, 0.3) is 0 Å². The zero-order valence-electron chi connectivity index (χ0n) is 10.9. The van der Waals surface area contributed by atoms with E-state index in [-0.39, 0.29) is 15.7 Å². The molecule has 0 saturated carbocycles. The Morgan fingerprint density at radius 2 is 1.90 bits per heavy atom. The summed E-state index contributed by atoms with van der Waals surface area (Å²) in [5.41, 5.74) is 6.68. The normalized spacial score (nSPS) is 10.3. The molecule has 0 spiro atoms. The molecule has 0 aliphatic heterocycles. The highest BCUT2D eigenvalue weighted by atomic mass is 79.9. The Morgan fingerprint density at radius 3 is 2.57 bits per heavy atom. The molecule has 0 heterocycles. The van der Waals surface area contributed by atoms with Gasteiger partial charge in [-0.2, -0.15) is 0 Å². The molecule has 0 radical (unpaired) electrons. The number of ether oxygens (including phenoxy) is 1. The molecule has 110 valence electrons. The van der Waals surface area contributed by atoms with E-state index in [9.17, 15) is 13.6 Å². The van der Waals surface area contributed by atoms with Gasteiger partial charge in [-0.25, -0.2) is 13.6 Å². The van der Waals surface area contributed by atoms with E-state index >= 15 is 0 Å². The molecule has 0 saturated heterocycles. The largest absolute Gasteiger partial charge is 0.465 e. The van der Waals surface area contributed by atoms with E-state index in [1.807, 2.05) is 0 Å². The SMILES string of the molecule is COC(=O)c1ccc(N)c(Nc2cc(Br)c(F)cc2F)c1. The van der Waals surface area contributed by atoms with Gasteiger partial charge in [-0.05, 0) is 40.2 Å². The van der Waals surface area contributed by atoms with Crippen LogP contribution < -0.4 is 11.1 Å². The molecule has 4 nitrogen and oxygen atoms in total. The van der Waals surface area contributed by atoms with Crippen molar-refractivity contribution in [1.29, 1.82) is 0 Å². The van der Waals surface area contributed by atoms with Gasteiger partial charge in [0.05, 0.1) is 34.2 Å². The Kier molecular flexibility index (Phi) is 4.42. The van der Waals surface area contributed by atoms with Gasteiger partial charge in [0, 0.05) is 6.07 Å². The van der Waals surface area contributed by atoms with Gasteiger partial charge in [-0.3, -0.25) is 0 Å². The van der Waals surface area contributed by atoms with Crippen molar-refractivity contribution in [2.24, 2.45) is 0 Å². The Hall–Kier alpha value is -2.15. The average molecular weight is 357 g/mol. The highest BCUT2D eigenvalue weighted by Gasteiger charge is 2.12. The number of carbonyl (C=O) groups is 1. The number of esters is 1. The van der Waals surface area contributed by atoms with Crippen molar-refractivity contribution >= 4 is 39.0 Å². The quantitative estimate of drug-likeness (QED) is 0.498. The second-order valence-corrected chi connectivity index (χ2v) is 5.02. The molecule has 21 heavy (non-hydrogen) atoms. The van der Waals surface area contributed by atoms with Crippen LogP contribution in [-0.2, 0) is 4.74 Å². The number of carbonyl (C=O) groups excluding carboxylic acids is 1. The maximum atomic E-state index is 13.7. The minimum Gasteiger partial charge on any atom is -0.465 e. The van der Waals surface area contributed by atoms with Crippen LogP contribution in [0.15, 0.2) is 34.8 Å². The summed E-state index contributed by atoms with van der Waals surface area (Å²) in [5.74, 6) is -2.04. The Morgan fingerprint density at radius 1 is 1.19 bits per heavy atom. The van der Waals surface area contributed by atoms with Crippen LogP contribution in [0.5, 0.6) is 0 Å². The monoisotopic (exact) mass is 356 g/mol. The molecule has 0 aromatic heterocycles. The average Bonchev–Trinajstić information content (AvgIpc) is 2.46. The first kappa shape index (κ1) is 15.2. The molecular formula is C14H11BrF2N2O2. The van der Waals surface area contributed by atoms with Gasteiger partial charge in [0.1, 0.15) is 11.6 Å². The molecule has 3 N–H and O–H groups in total. The van der Waals surface area contributed by atoms with Gasteiger partial charge >= 0.3 is 5.97 Å². The first-order chi connectivity index (χ1) is 9.92. The Balaban J connectivity index is 2.39. The number of benzene rings is 2. The predicted octanol–water partition coefficient (Wildman–Crippen LogP) is 3.84. The summed E-state index contributed by atoms with van der Waals surface area (Å²) in [7, 11) is 1.25. The van der Waals surface area contributed by atoms with E-state index in [1.165, 1.54) is 31.4 Å². The summed E-state index contributed by atoms with van der Waals surface area (Å²) >= 11 is 2.97. The number of nitrogens with one attached hydrogen (secondary N) is 1. The summed E-state index contributed by atoms with van der Waals surface area (Å²) < 4.78 is 31.6. The molecule has 0 bridgehead atoms. The van der Waals surface area contributed by atoms with E-state index in [4.69, 9.17) is 5.73 Å². The van der Waals surface area contributed by atoms with Gasteiger partial charge < -0.3 is 15.8 Å². The Bertz CT molecular complexity index is 708. The van der Waals surface area contributed by atoms with Crippen molar-refractivity contribution in [1.82, 2.24) is 0 Å². The first-order valence-corrected chi connectivity index (χ1v) is 6.61. The summed E-state index contributed by atoms with van der Waals surface area (Å²) in [6, 6.07) is 6.40. The lowest BCUT2D eigenvalue weighted by Crippen LogP contribution is -2.04. The first-order valence-electron chi connectivity index (χ1n) is 5.81. The molecule has 2 rings (SSSR count). The van der Waals surface area contributed by atoms with Crippen LogP contribution in [0.25, 0.3) is 0 Å². The van der Waals surface area contributed by atoms with E-state index in [0.717, 1.165) is 6.07 Å². The van der Waals surface area contributed by atoms with Crippen molar-refractivity contribution in [3.63, 3.8) is 0 Å². The van der Waals surface area contributed by atoms with Crippen LogP contribution in [0.2, 0.25) is 0 Å². The third-order valence-electron chi connectivity index (χ3n) is 2.75. The second-order valence-electron chi connectivity index (χ2n) is 4.16. The van der Waals surface area contributed by atoms with E-state index in [2.05, 4.69) is 26.0 Å². The molecule has 7 heteroatoms. The fourth-order valence-corrected chi connectivity index (χ4v) is 2.02. The minimum atomic E-state index is -0.779. The van der Waals surface area contributed by atoms with Crippen LogP contribution in [0.3, 0.4) is 0 Å². The molecule has 0 atom stereocenters. The van der Waals surface area contributed by atoms with Crippen LogP contribution in [0.1, 0.15) is 10.4 Å². The Labute approximate surface area is 128 Å². The summed E-state index contributed by atoms with van der Waals surface area (Å²) in [6.45, 7) is 0. The van der Waals surface area contributed by atoms with Gasteiger partial charge in [-0.15, -0.1) is 0 Å². The van der Waals surface area contributed by atoms with Crippen molar-refractivity contribution < 1.29 is 18.3 Å². The number of nitrogen functional groups attached to an aromatic ring is 1. The molecule has 0 aliphatic carbocycles. The summed E-state index contributed by atoms with van der Waals surface area (Å²) in [5, 5.41) is 2.72. The minimum absolute atomic E-state index is 0.0250. The molecule has 2 aromatic rings. The van der Waals surface area contributed by atoms with E-state index in [1.54, 1.807) is 0 Å². The second kappa shape index (κ2) is 6.09. The topological polar surface area (TPSA) is 64.3 Å². The molecule has 0 fully saturated rings. The van der Waals surface area contributed by atoms with Crippen molar-refractivity contribution in [2.45, 2.75) is 0 Å². The molecular weight excluding hydrogens is 346 g/mol. The van der Waals surface area contributed by atoms with Crippen molar-refractivity contribution in [3.8, 4) is 0 Å². The molecule has 2 aromatic carbocycles. The lowest BCUT2D eigenvalue weighted by atomic mass is 10.1. The van der Waals surface area contributed by atoms with Gasteiger partial charge in [-0.1, -0.05) is 0 Å². The summed E-state index contributed by atoms with van der Waals surface area (Å²) in [6.07, 6.45) is 0. The smallest absolute Gasteiger partial charge is 0.337 e. The predicted molar refractivity (Wildman–Crippen MR) is 79.5 cm³/mol. The van der Waals surface area contributed by atoms with Crippen LogP contribution in [0, 0.1) is 11.6 Å². The molecule has 0 amide bonds. The number of methoxy groups -OCH3 is 1. The maximum absolute atomic E-state index is 13.7. The number of anilines is 3. The van der Waals surface area contributed by atoms with Crippen LogP contribution in [0.4, 0.5) is 25.8 Å². The standard InChI is InChI=1S/C14H11BrF2N2O2/c1-21-14(20)7-2-3-11(18)13(4-7)19-12-5-8(15)9(16)6-10(12)17/h2-6,19H,18H2,1H3. The zero-order chi connectivity index (χ0) is 15.6. The number of hydrogen-bond acceptors (Lipinski definition) is 4. The lowest BCUT2D eigenvalue weighted by Gasteiger charge is -2.12. The van der Waals surface area contributed by atoms with Gasteiger partial charge in [0.2, 0.25) is 0 Å². The number of hydrogen-bond donors (Lipinski definition) is 2. The third-order valence-corrected chi connectivity index (χ3v) is 3.36. The van der Waals surface area contributed by atoms with Gasteiger partial charge in [0.15, 0.2) is 0 Å². The number of halogens is 3. The summed E-state index contributed by atoms with van der Waals surface area (Å²) in [4.78, 5) is 11.5. The fourth-order valence-electron chi connectivity index (χ4n) is 1.67. The van der Waals surface area contributed by atoms with E-state index < -0.39 is 17.6 Å². The molecule has 0 aliphatic rings. The zero-order valence-corrected chi connectivity index (χ0v) is 12.5. The van der Waals surface area contributed by atoms with Crippen molar-refractivity contribution in [3.05, 3.63) is 52.0 Å². The van der Waals surface area contributed by atoms with Crippen LogP contribution in [-0.4, -0.2) is 13.1 Å². The fraction of sp³-hybridized carbons (Fsp3) is 0.0714. The number of nitrogens with two attached hydrogens (primary N) is 1.